The Morgan fingerprint density at radius 3 is 1.71 bits per heavy atom. The SMILES string of the molecule is CC/C=C\C/C=C\C/C=C\C/C=C\C/C=C\C/C=C\CCC(=O)NC(COP(=O)(O)OCC[N+](C)(C)C)C(O)CCCCCCCCC. The fraction of sp³-hybridized carbons (Fsp3) is 0.667. The van der Waals surface area contributed by atoms with E-state index in [1.54, 1.807) is 0 Å². The van der Waals surface area contributed by atoms with Gasteiger partial charge in [0.1, 0.15) is 13.2 Å². The summed E-state index contributed by atoms with van der Waals surface area (Å²) < 4.78 is 23.4. The van der Waals surface area contributed by atoms with E-state index in [-0.39, 0.29) is 25.5 Å². The van der Waals surface area contributed by atoms with E-state index >= 15 is 0 Å². The Labute approximate surface area is 294 Å². The second-order valence-electron chi connectivity index (χ2n) is 13.2. The van der Waals surface area contributed by atoms with Gasteiger partial charge in [0.2, 0.25) is 5.91 Å². The standard InChI is InChI=1S/C39H69N2O6P/c1-6-8-10-12-14-15-16-17-18-19-20-21-22-23-24-25-27-29-31-33-39(43)40-37(38(42)32-30-28-26-13-11-9-7-2)36-47-48(44,45)46-35-34-41(3,4)5/h8,10,14-15,17-18,20-21,23-24,27,29,37-38,42H,6-7,9,11-13,16,19,22,25-26,28,30-36H2,1-5H3,(H-,40,43,44,45)/p+1/b10-8-,15-14-,18-17-,21-20-,24-23-,29-27-. The number of hydrogen-bond donors (Lipinski definition) is 3. The van der Waals surface area contributed by atoms with Crippen LogP contribution in [0.25, 0.3) is 0 Å². The molecular weight excluding hydrogens is 623 g/mol. The summed E-state index contributed by atoms with van der Waals surface area (Å²) in [6.45, 7) is 4.62. The number of amides is 1. The molecule has 1 amide bonds. The maximum absolute atomic E-state index is 12.7. The minimum absolute atomic E-state index is 0.0564. The van der Waals surface area contributed by atoms with E-state index in [1.807, 2.05) is 33.3 Å². The van der Waals surface area contributed by atoms with Crippen molar-refractivity contribution in [3.8, 4) is 0 Å². The number of quaternary nitrogens is 1. The average Bonchev–Trinajstić information content (AvgIpc) is 3.02. The zero-order valence-corrected chi connectivity index (χ0v) is 31.8. The number of aliphatic hydroxyl groups excluding tert-OH is 1. The van der Waals surface area contributed by atoms with Crippen molar-refractivity contribution in [2.24, 2.45) is 0 Å². The number of hydrogen-bond acceptors (Lipinski definition) is 5. The third kappa shape index (κ3) is 32.5. The molecule has 3 unspecified atom stereocenters. The minimum atomic E-state index is -4.32. The van der Waals surface area contributed by atoms with Crippen molar-refractivity contribution in [2.45, 2.75) is 129 Å². The van der Waals surface area contributed by atoms with E-state index < -0.39 is 20.0 Å². The number of nitrogens with one attached hydrogen (secondary N) is 1. The van der Waals surface area contributed by atoms with Gasteiger partial charge in [-0.3, -0.25) is 13.8 Å². The van der Waals surface area contributed by atoms with Crippen LogP contribution in [0.4, 0.5) is 0 Å². The number of carbonyl (C=O) groups is 1. The molecule has 0 aliphatic carbocycles. The second kappa shape index (κ2) is 31.0. The Kier molecular flexibility index (Phi) is 29.6. The van der Waals surface area contributed by atoms with Crippen LogP contribution in [-0.2, 0) is 18.4 Å². The summed E-state index contributed by atoms with van der Waals surface area (Å²) in [5.74, 6) is -0.236. The highest BCUT2D eigenvalue weighted by molar-refractivity contribution is 7.47. The third-order valence-electron chi connectivity index (χ3n) is 7.48. The molecule has 0 saturated carbocycles. The second-order valence-corrected chi connectivity index (χ2v) is 14.7. The summed E-state index contributed by atoms with van der Waals surface area (Å²) >= 11 is 0. The van der Waals surface area contributed by atoms with Crippen LogP contribution >= 0.6 is 7.82 Å². The zero-order chi connectivity index (χ0) is 35.8. The molecule has 0 aromatic carbocycles. The van der Waals surface area contributed by atoms with Gasteiger partial charge in [0.25, 0.3) is 0 Å². The van der Waals surface area contributed by atoms with Gasteiger partial charge < -0.3 is 19.8 Å². The molecule has 0 saturated heterocycles. The molecule has 0 aliphatic rings. The molecule has 0 aliphatic heterocycles. The first-order chi connectivity index (χ1) is 23.0. The summed E-state index contributed by atoms with van der Waals surface area (Å²) in [6.07, 6.45) is 39.6. The Morgan fingerprint density at radius 1 is 0.729 bits per heavy atom. The average molecular weight is 694 g/mol. The van der Waals surface area contributed by atoms with Crippen LogP contribution in [0.3, 0.4) is 0 Å². The number of aliphatic hydroxyl groups is 1. The van der Waals surface area contributed by atoms with E-state index in [2.05, 4.69) is 79.9 Å². The molecule has 8 nitrogen and oxygen atoms in total. The monoisotopic (exact) mass is 693 g/mol. The van der Waals surface area contributed by atoms with E-state index in [9.17, 15) is 19.4 Å². The van der Waals surface area contributed by atoms with Crippen LogP contribution in [0.2, 0.25) is 0 Å². The molecule has 48 heavy (non-hydrogen) atoms. The fourth-order valence-electron chi connectivity index (χ4n) is 4.54. The summed E-state index contributed by atoms with van der Waals surface area (Å²) in [7, 11) is 1.55. The van der Waals surface area contributed by atoms with Crippen molar-refractivity contribution < 1.29 is 32.9 Å². The summed E-state index contributed by atoms with van der Waals surface area (Å²) in [4.78, 5) is 22.9. The summed E-state index contributed by atoms with van der Waals surface area (Å²) in [5, 5.41) is 13.7. The van der Waals surface area contributed by atoms with Gasteiger partial charge in [-0.1, -0.05) is 132 Å². The Hall–Kier alpha value is -2.06. The molecule has 3 atom stereocenters. The van der Waals surface area contributed by atoms with Crippen LogP contribution < -0.4 is 5.32 Å². The third-order valence-corrected chi connectivity index (χ3v) is 8.47. The fourth-order valence-corrected chi connectivity index (χ4v) is 5.27. The van der Waals surface area contributed by atoms with Gasteiger partial charge in [0.15, 0.2) is 0 Å². The number of allylic oxidation sites excluding steroid dienone is 12. The van der Waals surface area contributed by atoms with Crippen LogP contribution in [0.15, 0.2) is 72.9 Å². The highest BCUT2D eigenvalue weighted by Gasteiger charge is 2.28. The molecule has 0 aromatic rings. The Bertz CT molecular complexity index is 1010. The lowest BCUT2D eigenvalue weighted by atomic mass is 10.0. The van der Waals surface area contributed by atoms with Crippen LogP contribution in [-0.4, -0.2) is 73.4 Å². The maximum atomic E-state index is 12.7. The molecule has 0 radical (unpaired) electrons. The Morgan fingerprint density at radius 2 is 1.21 bits per heavy atom. The van der Waals surface area contributed by atoms with E-state index in [4.69, 9.17) is 9.05 Å². The van der Waals surface area contributed by atoms with Crippen molar-refractivity contribution in [3.63, 3.8) is 0 Å². The highest BCUT2D eigenvalue weighted by atomic mass is 31.2. The van der Waals surface area contributed by atoms with Crippen molar-refractivity contribution in [1.82, 2.24) is 5.32 Å². The molecule has 276 valence electrons. The van der Waals surface area contributed by atoms with Crippen molar-refractivity contribution in [3.05, 3.63) is 72.9 Å². The van der Waals surface area contributed by atoms with E-state index in [0.717, 1.165) is 57.8 Å². The number of carbonyl (C=O) groups excluding carboxylic acids is 1. The molecule has 0 rings (SSSR count). The zero-order valence-electron chi connectivity index (χ0n) is 30.9. The molecule has 0 fully saturated rings. The minimum Gasteiger partial charge on any atom is -0.391 e. The largest absolute Gasteiger partial charge is 0.472 e. The van der Waals surface area contributed by atoms with Crippen LogP contribution in [0, 0.1) is 0 Å². The highest BCUT2D eigenvalue weighted by Crippen LogP contribution is 2.43. The molecular formula is C39H70N2O6P+. The lowest BCUT2D eigenvalue weighted by molar-refractivity contribution is -0.870. The maximum Gasteiger partial charge on any atom is 0.472 e. The van der Waals surface area contributed by atoms with E-state index in [1.165, 1.54) is 25.7 Å². The van der Waals surface area contributed by atoms with E-state index in [0.29, 0.717) is 23.9 Å². The number of nitrogens with zero attached hydrogens (tertiary/aromatic N) is 1. The number of rotatable bonds is 31. The molecule has 3 N–H and O–H groups in total. The topological polar surface area (TPSA) is 105 Å². The predicted molar refractivity (Wildman–Crippen MR) is 203 cm³/mol. The normalized spacial score (nSPS) is 15.6. The van der Waals surface area contributed by atoms with Crippen LogP contribution in [0.1, 0.15) is 117 Å². The lowest BCUT2D eigenvalue weighted by Crippen LogP contribution is -2.46. The van der Waals surface area contributed by atoms with Gasteiger partial charge in [-0.05, 0) is 51.4 Å². The number of phosphoric ester groups is 1. The van der Waals surface area contributed by atoms with Gasteiger partial charge in [0.05, 0.1) is 39.9 Å². The molecule has 9 heteroatoms. The molecule has 0 aromatic heterocycles. The van der Waals surface area contributed by atoms with Gasteiger partial charge in [-0.15, -0.1) is 0 Å². The van der Waals surface area contributed by atoms with Crippen LogP contribution in [0.5, 0.6) is 0 Å². The lowest BCUT2D eigenvalue weighted by Gasteiger charge is -2.26. The number of unbranched alkanes of at least 4 members (excludes halogenated alkanes) is 6. The smallest absolute Gasteiger partial charge is 0.391 e. The summed E-state index contributed by atoms with van der Waals surface area (Å²) in [6, 6.07) is -0.801. The van der Waals surface area contributed by atoms with Crippen molar-refractivity contribution in [2.75, 3.05) is 40.9 Å². The first kappa shape index (κ1) is 45.9. The van der Waals surface area contributed by atoms with Gasteiger partial charge in [0, 0.05) is 6.42 Å². The van der Waals surface area contributed by atoms with Gasteiger partial charge in [-0.2, -0.15) is 0 Å². The van der Waals surface area contributed by atoms with Gasteiger partial charge >= 0.3 is 7.82 Å². The van der Waals surface area contributed by atoms with Crippen molar-refractivity contribution in [1.29, 1.82) is 0 Å². The molecule has 0 bridgehead atoms. The number of phosphoric acid groups is 1. The quantitative estimate of drug-likeness (QED) is 0.0289. The Balaban J connectivity index is 4.54. The summed E-state index contributed by atoms with van der Waals surface area (Å²) in [5.41, 5.74) is 0. The number of likely N-dealkylation sites (N-methyl/N-ethyl adjacent to an activating group) is 1. The molecule has 0 heterocycles. The first-order valence-electron chi connectivity index (χ1n) is 18.3. The molecule has 0 spiro atoms. The van der Waals surface area contributed by atoms with Crippen molar-refractivity contribution >= 4 is 13.7 Å². The first-order valence-corrected chi connectivity index (χ1v) is 19.8. The predicted octanol–water partition coefficient (Wildman–Crippen LogP) is 9.29. The van der Waals surface area contributed by atoms with Gasteiger partial charge in [-0.25, -0.2) is 4.57 Å².